The highest BCUT2D eigenvalue weighted by Gasteiger charge is 2.20. The van der Waals surface area contributed by atoms with Crippen molar-refractivity contribution in [2.24, 2.45) is 5.92 Å². The van der Waals surface area contributed by atoms with Gasteiger partial charge in [-0.3, -0.25) is 9.78 Å². The number of H-pyrrole nitrogens is 1. The maximum absolute atomic E-state index is 12.4. The Morgan fingerprint density at radius 1 is 1.08 bits per heavy atom. The number of nitrogens with one attached hydrogen (secondary N) is 1. The molecule has 24 heavy (non-hydrogen) atoms. The summed E-state index contributed by atoms with van der Waals surface area (Å²) in [5.74, 6) is 1.16. The summed E-state index contributed by atoms with van der Waals surface area (Å²) in [6.45, 7) is 9.77. The lowest BCUT2D eigenvalue weighted by Gasteiger charge is -2.36. The van der Waals surface area contributed by atoms with Gasteiger partial charge in [0.1, 0.15) is 0 Å². The third-order valence-electron chi connectivity index (χ3n) is 4.52. The summed E-state index contributed by atoms with van der Waals surface area (Å²) < 4.78 is 0. The van der Waals surface area contributed by atoms with Gasteiger partial charge in [-0.25, -0.2) is 4.98 Å². The Morgan fingerprint density at radius 2 is 1.71 bits per heavy atom. The van der Waals surface area contributed by atoms with Crippen LogP contribution in [0.5, 0.6) is 0 Å². The van der Waals surface area contributed by atoms with Crippen LogP contribution in [0.3, 0.4) is 0 Å². The third kappa shape index (κ3) is 3.61. The van der Waals surface area contributed by atoms with E-state index in [0.717, 1.165) is 43.9 Å². The molecule has 0 radical (unpaired) electrons. The number of aromatic nitrogens is 2. The Kier molecular flexibility index (Phi) is 4.88. The van der Waals surface area contributed by atoms with Crippen LogP contribution in [-0.2, 0) is 6.42 Å². The number of aryl methyl sites for hydroxylation is 1. The smallest absolute Gasteiger partial charge is 0.255 e. The quantitative estimate of drug-likeness (QED) is 0.938. The number of para-hydroxylation sites is 1. The van der Waals surface area contributed by atoms with E-state index in [4.69, 9.17) is 0 Å². The number of hydrogen-bond donors (Lipinski definition) is 1. The van der Waals surface area contributed by atoms with Crippen molar-refractivity contribution in [3.05, 3.63) is 51.9 Å². The van der Waals surface area contributed by atoms with E-state index in [9.17, 15) is 4.79 Å². The minimum absolute atomic E-state index is 0.0108. The molecule has 0 bridgehead atoms. The Bertz CT molecular complexity index is 731. The van der Waals surface area contributed by atoms with Crippen LogP contribution in [0.2, 0.25) is 0 Å². The maximum Gasteiger partial charge on any atom is 0.255 e. The summed E-state index contributed by atoms with van der Waals surface area (Å²) in [5, 5.41) is 0. The Balaban J connectivity index is 1.72. The molecule has 1 saturated heterocycles. The molecular weight excluding hydrogens is 300 g/mol. The highest BCUT2D eigenvalue weighted by molar-refractivity contribution is 5.48. The van der Waals surface area contributed by atoms with Gasteiger partial charge >= 0.3 is 0 Å². The number of rotatable bonds is 4. The molecule has 1 aromatic carbocycles. The predicted octanol–water partition coefficient (Wildman–Crippen LogP) is 2.60. The van der Waals surface area contributed by atoms with E-state index in [0.29, 0.717) is 11.9 Å². The lowest BCUT2D eigenvalue weighted by Crippen LogP contribution is -2.47. The van der Waals surface area contributed by atoms with Crippen LogP contribution >= 0.6 is 0 Å². The minimum atomic E-state index is 0.0108. The number of nitrogens with zero attached hydrogens (tertiary/aromatic N) is 3. The van der Waals surface area contributed by atoms with Crippen LogP contribution in [0.25, 0.3) is 0 Å². The van der Waals surface area contributed by atoms with E-state index < -0.39 is 0 Å². The molecule has 0 saturated carbocycles. The molecule has 0 unspecified atom stereocenters. The molecule has 5 heteroatoms. The molecule has 2 aromatic rings. The van der Waals surface area contributed by atoms with Gasteiger partial charge in [0.2, 0.25) is 5.95 Å². The first-order chi connectivity index (χ1) is 11.5. The van der Waals surface area contributed by atoms with Gasteiger partial charge in [0.15, 0.2) is 0 Å². The molecule has 1 aliphatic rings. The Labute approximate surface area is 143 Å². The molecule has 1 N–H and O–H groups in total. The van der Waals surface area contributed by atoms with Crippen LogP contribution in [0.4, 0.5) is 11.6 Å². The second kappa shape index (κ2) is 7.07. The molecule has 5 nitrogen and oxygen atoms in total. The van der Waals surface area contributed by atoms with Crippen LogP contribution in [0.15, 0.2) is 35.1 Å². The second-order valence-electron chi connectivity index (χ2n) is 6.86. The lowest BCUT2D eigenvalue weighted by atomic mass is 10.0. The average Bonchev–Trinajstić information content (AvgIpc) is 2.59. The Morgan fingerprint density at radius 3 is 2.29 bits per heavy atom. The van der Waals surface area contributed by atoms with Crippen molar-refractivity contribution in [3.63, 3.8) is 0 Å². The molecule has 2 heterocycles. The standard InChI is InChI=1S/C19H26N4O/c1-14(2)13-17-15(3)20-19(21-18(17)24)23-11-9-22(10-12-23)16-7-5-4-6-8-16/h4-8,14H,9-13H2,1-3H3,(H,20,21,24). The summed E-state index contributed by atoms with van der Waals surface area (Å²) in [5.41, 5.74) is 2.93. The molecule has 3 rings (SSSR count). The first-order valence-corrected chi connectivity index (χ1v) is 8.69. The monoisotopic (exact) mass is 326 g/mol. The van der Waals surface area contributed by atoms with E-state index >= 15 is 0 Å². The number of anilines is 2. The minimum Gasteiger partial charge on any atom is -0.368 e. The van der Waals surface area contributed by atoms with Gasteiger partial charge in [-0.1, -0.05) is 32.0 Å². The lowest BCUT2D eigenvalue weighted by molar-refractivity contribution is 0.623. The zero-order valence-electron chi connectivity index (χ0n) is 14.7. The highest BCUT2D eigenvalue weighted by atomic mass is 16.1. The number of aromatic amines is 1. The zero-order valence-corrected chi connectivity index (χ0v) is 14.7. The van der Waals surface area contributed by atoms with Crippen molar-refractivity contribution in [2.45, 2.75) is 27.2 Å². The van der Waals surface area contributed by atoms with Gasteiger partial charge in [0.25, 0.3) is 5.56 Å². The van der Waals surface area contributed by atoms with Gasteiger partial charge in [0, 0.05) is 43.1 Å². The first-order valence-electron chi connectivity index (χ1n) is 8.69. The van der Waals surface area contributed by atoms with Crippen LogP contribution in [0, 0.1) is 12.8 Å². The normalized spacial score (nSPS) is 15.2. The molecule has 0 aliphatic carbocycles. The predicted molar refractivity (Wildman–Crippen MR) is 99.0 cm³/mol. The van der Waals surface area contributed by atoms with E-state index in [-0.39, 0.29) is 5.56 Å². The van der Waals surface area contributed by atoms with Crippen LogP contribution < -0.4 is 15.4 Å². The summed E-state index contributed by atoms with van der Waals surface area (Å²) >= 11 is 0. The average molecular weight is 326 g/mol. The Hall–Kier alpha value is -2.30. The van der Waals surface area contributed by atoms with Crippen molar-refractivity contribution in [3.8, 4) is 0 Å². The van der Waals surface area contributed by atoms with Gasteiger partial charge in [0.05, 0.1) is 0 Å². The molecule has 1 fully saturated rings. The van der Waals surface area contributed by atoms with Gasteiger partial charge in [-0.15, -0.1) is 0 Å². The zero-order chi connectivity index (χ0) is 17.1. The van der Waals surface area contributed by atoms with E-state index in [1.54, 1.807) is 0 Å². The molecule has 0 spiro atoms. The summed E-state index contributed by atoms with van der Waals surface area (Å²) in [6, 6.07) is 10.5. The molecular formula is C19H26N4O. The fraction of sp³-hybridized carbons (Fsp3) is 0.474. The van der Waals surface area contributed by atoms with Crippen molar-refractivity contribution in [1.29, 1.82) is 0 Å². The fourth-order valence-corrected chi connectivity index (χ4v) is 3.21. The summed E-state index contributed by atoms with van der Waals surface area (Å²) in [4.78, 5) is 24.6. The molecule has 1 aromatic heterocycles. The fourth-order valence-electron chi connectivity index (χ4n) is 3.21. The largest absolute Gasteiger partial charge is 0.368 e. The molecule has 128 valence electrons. The van der Waals surface area contributed by atoms with Gasteiger partial charge < -0.3 is 9.80 Å². The van der Waals surface area contributed by atoms with Gasteiger partial charge in [-0.05, 0) is 31.4 Å². The molecule has 1 aliphatic heterocycles. The summed E-state index contributed by atoms with van der Waals surface area (Å²) in [6.07, 6.45) is 0.774. The third-order valence-corrected chi connectivity index (χ3v) is 4.52. The van der Waals surface area contributed by atoms with Crippen LogP contribution in [0.1, 0.15) is 25.1 Å². The molecule has 0 atom stereocenters. The van der Waals surface area contributed by atoms with Crippen LogP contribution in [-0.4, -0.2) is 36.1 Å². The molecule has 0 amide bonds. The van der Waals surface area contributed by atoms with Crippen molar-refractivity contribution in [1.82, 2.24) is 9.97 Å². The van der Waals surface area contributed by atoms with E-state index in [2.05, 4.69) is 57.9 Å². The van der Waals surface area contributed by atoms with Crippen molar-refractivity contribution in [2.75, 3.05) is 36.0 Å². The van der Waals surface area contributed by atoms with E-state index in [1.165, 1.54) is 5.69 Å². The second-order valence-corrected chi connectivity index (χ2v) is 6.86. The number of hydrogen-bond acceptors (Lipinski definition) is 4. The number of benzene rings is 1. The highest BCUT2D eigenvalue weighted by Crippen LogP contribution is 2.18. The SMILES string of the molecule is Cc1nc(N2CCN(c3ccccc3)CC2)[nH]c(=O)c1CC(C)C. The number of piperazine rings is 1. The maximum atomic E-state index is 12.4. The van der Waals surface area contributed by atoms with E-state index in [1.807, 2.05) is 13.0 Å². The topological polar surface area (TPSA) is 52.2 Å². The van der Waals surface area contributed by atoms with Crippen molar-refractivity contribution >= 4 is 11.6 Å². The first kappa shape index (κ1) is 16.6. The van der Waals surface area contributed by atoms with Crippen molar-refractivity contribution < 1.29 is 0 Å². The van der Waals surface area contributed by atoms with Gasteiger partial charge in [-0.2, -0.15) is 0 Å². The summed E-state index contributed by atoms with van der Waals surface area (Å²) in [7, 11) is 0.